The Kier molecular flexibility index (Phi) is 1.42. The fraction of sp³-hybridized carbons (Fsp3) is 0.500. The van der Waals surface area contributed by atoms with Crippen LogP contribution in [0.25, 0.3) is 0 Å². The van der Waals surface area contributed by atoms with Gasteiger partial charge in [-0.2, -0.15) is 0 Å². The third-order valence-electron chi connectivity index (χ3n) is 1.04. The van der Waals surface area contributed by atoms with E-state index in [0.717, 1.165) is 5.71 Å². The second-order valence-electron chi connectivity index (χ2n) is 2.08. The number of anilines is 2. The molecule has 0 aromatic carbocycles. The zero-order valence-corrected chi connectivity index (χ0v) is 5.55. The average Bonchev–Trinajstić information content (AvgIpc) is 2.14. The summed E-state index contributed by atoms with van der Waals surface area (Å²) in [5, 5.41) is 6.53. The first-order valence-corrected chi connectivity index (χ1v) is 2.68. The Morgan fingerprint density at radius 1 is 1.67 bits per heavy atom. The number of rotatable bonds is 1. The standard InChI is InChI=1S/C4H9BN4/c1-9(2)4-5-3(6)7-8-4/h7H,6H2,1-2H3. The van der Waals surface area contributed by atoms with Crippen LogP contribution in [-0.2, 0) is 0 Å². The van der Waals surface area contributed by atoms with Crippen LogP contribution in [0.5, 0.6) is 0 Å². The van der Waals surface area contributed by atoms with Gasteiger partial charge in [0.05, 0.1) is 0 Å². The second kappa shape index (κ2) is 2.09. The van der Waals surface area contributed by atoms with Gasteiger partial charge in [-0.15, -0.1) is 0 Å². The van der Waals surface area contributed by atoms with Crippen molar-refractivity contribution in [2.75, 3.05) is 24.7 Å². The van der Waals surface area contributed by atoms with Gasteiger partial charge >= 0.3 is 53.3 Å². The molecular weight excluding hydrogens is 115 g/mol. The van der Waals surface area contributed by atoms with Gasteiger partial charge in [-0.3, -0.25) is 0 Å². The topological polar surface area (TPSA) is 57.9 Å². The first kappa shape index (κ1) is 6.13. The van der Waals surface area contributed by atoms with E-state index < -0.39 is 0 Å². The predicted octanol–water partition coefficient (Wildman–Crippen LogP) is -0.604. The molecule has 0 saturated carbocycles. The van der Waals surface area contributed by atoms with Crippen LogP contribution in [0.15, 0.2) is 0 Å². The molecule has 0 atom stereocenters. The fourth-order valence-electron chi connectivity index (χ4n) is 0.555. The average molecular weight is 124 g/mol. The summed E-state index contributed by atoms with van der Waals surface area (Å²) in [6.45, 7) is 1.78. The van der Waals surface area contributed by atoms with Crippen LogP contribution < -0.4 is 10.6 Å². The molecule has 9 heavy (non-hydrogen) atoms. The zero-order valence-electron chi connectivity index (χ0n) is 5.55. The number of hydrogen-bond donors (Lipinski definition) is 2. The summed E-state index contributed by atoms with van der Waals surface area (Å²) in [5.74, 6) is 0. The number of nitrogen functional groups attached to an aromatic ring is 1. The number of nitrogens with two attached hydrogens (primary N) is 1. The molecule has 0 bridgehead atoms. The molecule has 3 N–H and O–H groups in total. The van der Waals surface area contributed by atoms with Gasteiger partial charge in [-0.1, -0.05) is 0 Å². The van der Waals surface area contributed by atoms with Crippen molar-refractivity contribution in [1.29, 1.82) is 0 Å². The molecule has 0 fully saturated rings. The molecule has 1 aromatic rings. The molecule has 0 spiro atoms. The number of aromatic amines is 1. The van der Waals surface area contributed by atoms with E-state index in [1.54, 1.807) is 6.91 Å². The number of nitrogens with one attached hydrogen (secondary N) is 1. The number of aromatic nitrogens is 2. The molecule has 0 aliphatic carbocycles. The van der Waals surface area contributed by atoms with E-state index in [1.165, 1.54) is 0 Å². The van der Waals surface area contributed by atoms with E-state index in [2.05, 4.69) is 10.2 Å². The van der Waals surface area contributed by atoms with Crippen molar-refractivity contribution in [3.63, 3.8) is 0 Å². The maximum absolute atomic E-state index is 5.37. The molecule has 0 aliphatic rings. The predicted molar refractivity (Wildman–Crippen MR) is 38.7 cm³/mol. The van der Waals surface area contributed by atoms with Gasteiger partial charge in [0.1, 0.15) is 0 Å². The van der Waals surface area contributed by atoms with E-state index in [-0.39, 0.29) is 0 Å². The fourth-order valence-corrected chi connectivity index (χ4v) is 0.555. The van der Waals surface area contributed by atoms with E-state index in [0.29, 0.717) is 5.71 Å². The second-order valence-corrected chi connectivity index (χ2v) is 2.08. The summed E-state index contributed by atoms with van der Waals surface area (Å²) in [5.41, 5.74) is 6.82. The summed E-state index contributed by atoms with van der Waals surface area (Å²) >= 11 is 0. The minimum absolute atomic E-state index is 0.596. The molecule has 5 heteroatoms. The molecule has 48 valence electrons. The summed E-state index contributed by atoms with van der Waals surface area (Å²) in [6.07, 6.45) is 0. The molecule has 0 aliphatic heterocycles. The van der Waals surface area contributed by atoms with Crippen molar-refractivity contribution < 1.29 is 0 Å². The summed E-state index contributed by atoms with van der Waals surface area (Å²) in [6, 6.07) is 0. The van der Waals surface area contributed by atoms with Crippen molar-refractivity contribution in [3.05, 3.63) is 0 Å². The first-order valence-electron chi connectivity index (χ1n) is 2.68. The molecule has 0 amide bonds. The van der Waals surface area contributed by atoms with Crippen LogP contribution in [0.2, 0.25) is 0 Å². The van der Waals surface area contributed by atoms with Crippen LogP contribution in [0.1, 0.15) is 0 Å². The normalized spacial score (nSPS) is 9.11. The molecule has 1 aromatic heterocycles. The molecule has 1 rings (SSSR count). The number of hydrogen-bond acceptors (Lipinski definition) is 3. The van der Waals surface area contributed by atoms with Gasteiger partial charge in [-0.25, -0.2) is 0 Å². The van der Waals surface area contributed by atoms with Crippen LogP contribution in [0.4, 0.5) is 11.4 Å². The Morgan fingerprint density at radius 3 is 2.56 bits per heavy atom. The number of nitrogens with zero attached hydrogens (tertiary/aromatic N) is 2. The Morgan fingerprint density at radius 2 is 2.33 bits per heavy atom. The van der Waals surface area contributed by atoms with Crippen molar-refractivity contribution in [2.24, 2.45) is 0 Å². The molecule has 0 radical (unpaired) electrons. The van der Waals surface area contributed by atoms with E-state index >= 15 is 0 Å². The van der Waals surface area contributed by atoms with Crippen molar-refractivity contribution >= 4 is 18.3 Å². The van der Waals surface area contributed by atoms with E-state index in [9.17, 15) is 0 Å². The third kappa shape index (κ3) is 1.22. The Balaban J connectivity index is 2.85. The molecule has 0 saturated heterocycles. The van der Waals surface area contributed by atoms with Gasteiger partial charge < -0.3 is 0 Å². The van der Waals surface area contributed by atoms with Gasteiger partial charge in [0.15, 0.2) is 0 Å². The first-order chi connectivity index (χ1) is 4.20. The minimum atomic E-state index is 0.596. The zero-order chi connectivity index (χ0) is 6.85. The number of H-pyrrole nitrogens is 1. The third-order valence-corrected chi connectivity index (χ3v) is 1.04. The summed E-state index contributed by atoms with van der Waals surface area (Å²) in [7, 11) is 3.82. The van der Waals surface area contributed by atoms with Crippen LogP contribution in [0, 0.1) is 0 Å². The molecule has 1 heterocycles. The SMILES string of the molecule is CN(C)c1bc(N)[nH]n1. The van der Waals surface area contributed by atoms with Gasteiger partial charge in [0, 0.05) is 0 Å². The van der Waals surface area contributed by atoms with Gasteiger partial charge in [-0.05, 0) is 0 Å². The van der Waals surface area contributed by atoms with E-state index in [4.69, 9.17) is 5.73 Å². The van der Waals surface area contributed by atoms with Crippen molar-refractivity contribution in [3.8, 4) is 0 Å². The quantitative estimate of drug-likeness (QED) is 0.525. The van der Waals surface area contributed by atoms with Gasteiger partial charge in [0.2, 0.25) is 0 Å². The molecule has 4 nitrogen and oxygen atoms in total. The molecule has 0 unspecified atom stereocenters. The molecular formula is C4H9BN4. The Hall–Kier alpha value is -0.995. The van der Waals surface area contributed by atoms with E-state index in [1.807, 2.05) is 19.0 Å². The van der Waals surface area contributed by atoms with Gasteiger partial charge in [0.25, 0.3) is 0 Å². The maximum atomic E-state index is 5.37. The van der Waals surface area contributed by atoms with Crippen molar-refractivity contribution in [2.45, 2.75) is 0 Å². The Labute approximate surface area is 54.3 Å². The van der Waals surface area contributed by atoms with Crippen LogP contribution in [0.3, 0.4) is 0 Å². The summed E-state index contributed by atoms with van der Waals surface area (Å²) < 4.78 is 0. The van der Waals surface area contributed by atoms with Crippen LogP contribution in [-0.4, -0.2) is 31.2 Å². The summed E-state index contributed by atoms with van der Waals surface area (Å²) in [4.78, 5) is 1.88. The van der Waals surface area contributed by atoms with Crippen LogP contribution >= 0.6 is 0 Å². The Bertz CT molecular complexity index is 194. The van der Waals surface area contributed by atoms with Crippen molar-refractivity contribution in [1.82, 2.24) is 10.2 Å². The monoisotopic (exact) mass is 124 g/mol.